The Labute approximate surface area is 179 Å². The minimum atomic E-state index is -1.62. The summed E-state index contributed by atoms with van der Waals surface area (Å²) < 4.78 is 6.57. The van der Waals surface area contributed by atoms with E-state index in [0.717, 1.165) is 11.1 Å². The van der Waals surface area contributed by atoms with Crippen molar-refractivity contribution in [1.82, 2.24) is 0 Å². The van der Waals surface area contributed by atoms with Crippen LogP contribution in [-0.4, -0.2) is 10.2 Å². The molecule has 0 amide bonds. The molecule has 1 heterocycles. The Morgan fingerprint density at radius 1 is 0.700 bits per heavy atom. The minimum Gasteiger partial charge on any atom is -0.384 e. The van der Waals surface area contributed by atoms with E-state index in [4.69, 9.17) is 4.74 Å². The van der Waals surface area contributed by atoms with E-state index in [9.17, 15) is 10.2 Å². The molecule has 0 aromatic heterocycles. The van der Waals surface area contributed by atoms with Gasteiger partial charge in [0.05, 0.1) is 12.0 Å². The summed E-state index contributed by atoms with van der Waals surface area (Å²) in [7, 11) is 0. The molecule has 1 saturated heterocycles. The molecular weight excluding hydrogens is 372 g/mol. The van der Waals surface area contributed by atoms with E-state index in [1.54, 1.807) is 0 Å². The van der Waals surface area contributed by atoms with Crippen LogP contribution in [-0.2, 0) is 16.1 Å². The van der Waals surface area contributed by atoms with Crippen LogP contribution in [0, 0.1) is 11.8 Å². The summed E-state index contributed by atoms with van der Waals surface area (Å²) >= 11 is 0. The summed E-state index contributed by atoms with van der Waals surface area (Å²) in [6, 6.07) is 29.2. The van der Waals surface area contributed by atoms with Crippen LogP contribution in [0.25, 0.3) is 0 Å². The molecule has 156 valence electrons. The van der Waals surface area contributed by atoms with Crippen molar-refractivity contribution in [3.8, 4) is 0 Å². The van der Waals surface area contributed by atoms with Crippen molar-refractivity contribution in [3.05, 3.63) is 108 Å². The van der Waals surface area contributed by atoms with Gasteiger partial charge in [-0.05, 0) is 24.0 Å². The SMILES string of the molecule is CC[C@@H]1[C@@](O)(c2ccccc2)[C@@H](CC)[C@@H](c2ccccc2)O[C@@]1(O)c1ccccc1. The molecule has 5 atom stereocenters. The Morgan fingerprint density at radius 2 is 1.20 bits per heavy atom. The van der Waals surface area contributed by atoms with Gasteiger partial charge in [-0.2, -0.15) is 0 Å². The first-order chi connectivity index (χ1) is 14.6. The fourth-order valence-corrected chi connectivity index (χ4v) is 5.27. The topological polar surface area (TPSA) is 49.7 Å². The molecule has 0 unspecified atom stereocenters. The van der Waals surface area contributed by atoms with Gasteiger partial charge in [-0.1, -0.05) is 105 Å². The molecule has 30 heavy (non-hydrogen) atoms. The van der Waals surface area contributed by atoms with Gasteiger partial charge in [0.1, 0.15) is 5.60 Å². The van der Waals surface area contributed by atoms with Gasteiger partial charge in [-0.3, -0.25) is 0 Å². The lowest BCUT2D eigenvalue weighted by Gasteiger charge is -2.56. The molecule has 0 spiro atoms. The summed E-state index contributed by atoms with van der Waals surface area (Å²) in [4.78, 5) is 0. The average Bonchev–Trinajstić information content (AvgIpc) is 2.80. The first-order valence-electron chi connectivity index (χ1n) is 10.8. The van der Waals surface area contributed by atoms with Crippen LogP contribution in [0.3, 0.4) is 0 Å². The first kappa shape index (κ1) is 20.8. The standard InChI is InChI=1S/C27H30O3/c1-3-23-25(20-14-8-5-9-15-20)30-27(29,22-18-12-7-13-19-22)24(4-2)26(23,28)21-16-10-6-11-17-21/h5-19,23-25,28-29H,3-4H2,1-2H3/t23-,24+,25+,26+,27-/m0/s1. The van der Waals surface area contributed by atoms with Crippen molar-refractivity contribution in [1.29, 1.82) is 0 Å². The average molecular weight is 403 g/mol. The Hall–Kier alpha value is -2.46. The van der Waals surface area contributed by atoms with Crippen LogP contribution in [0.2, 0.25) is 0 Å². The molecule has 3 aromatic rings. The molecule has 1 aliphatic heterocycles. The zero-order valence-electron chi connectivity index (χ0n) is 17.6. The van der Waals surface area contributed by atoms with Crippen molar-refractivity contribution in [3.63, 3.8) is 0 Å². The number of benzene rings is 3. The van der Waals surface area contributed by atoms with Crippen LogP contribution in [0.1, 0.15) is 49.5 Å². The molecule has 0 aliphatic carbocycles. The maximum absolute atomic E-state index is 12.5. The predicted molar refractivity (Wildman–Crippen MR) is 119 cm³/mol. The largest absolute Gasteiger partial charge is 0.384 e. The van der Waals surface area contributed by atoms with Gasteiger partial charge in [-0.15, -0.1) is 0 Å². The van der Waals surface area contributed by atoms with Crippen LogP contribution < -0.4 is 0 Å². The molecule has 3 heteroatoms. The molecule has 2 N–H and O–H groups in total. The quantitative estimate of drug-likeness (QED) is 0.589. The number of hydrogen-bond donors (Lipinski definition) is 2. The Kier molecular flexibility index (Phi) is 5.79. The molecule has 4 rings (SSSR count). The molecule has 3 nitrogen and oxygen atoms in total. The second kappa shape index (κ2) is 8.35. The normalized spacial score (nSPS) is 31.4. The van der Waals surface area contributed by atoms with Crippen molar-refractivity contribution < 1.29 is 14.9 Å². The second-order valence-electron chi connectivity index (χ2n) is 8.18. The lowest BCUT2D eigenvalue weighted by molar-refractivity contribution is -0.366. The smallest absolute Gasteiger partial charge is 0.199 e. The van der Waals surface area contributed by atoms with Crippen molar-refractivity contribution >= 4 is 0 Å². The molecular formula is C27H30O3. The second-order valence-corrected chi connectivity index (χ2v) is 8.18. The maximum Gasteiger partial charge on any atom is 0.199 e. The molecule has 1 fully saturated rings. The third-order valence-electron chi connectivity index (χ3n) is 6.64. The number of aliphatic hydroxyl groups is 2. The summed E-state index contributed by atoms with van der Waals surface area (Å²) in [5, 5.41) is 24.5. The lowest BCUT2D eigenvalue weighted by atomic mass is 9.61. The summed E-state index contributed by atoms with van der Waals surface area (Å²) in [5.41, 5.74) is 1.19. The summed E-state index contributed by atoms with van der Waals surface area (Å²) in [6.45, 7) is 4.09. The predicted octanol–water partition coefficient (Wildman–Crippen LogP) is 5.54. The fourth-order valence-electron chi connectivity index (χ4n) is 5.27. The van der Waals surface area contributed by atoms with Gasteiger partial charge in [-0.25, -0.2) is 0 Å². The van der Waals surface area contributed by atoms with Crippen LogP contribution >= 0.6 is 0 Å². The van der Waals surface area contributed by atoms with E-state index in [1.165, 1.54) is 0 Å². The molecule has 0 radical (unpaired) electrons. The molecule has 0 saturated carbocycles. The third-order valence-corrected chi connectivity index (χ3v) is 6.64. The summed E-state index contributed by atoms with van der Waals surface area (Å²) in [6.07, 6.45) is 0.829. The monoisotopic (exact) mass is 402 g/mol. The Morgan fingerprint density at radius 3 is 1.70 bits per heavy atom. The molecule has 0 bridgehead atoms. The van der Waals surface area contributed by atoms with Crippen LogP contribution in [0.4, 0.5) is 0 Å². The van der Waals surface area contributed by atoms with Gasteiger partial charge in [0.2, 0.25) is 0 Å². The van der Waals surface area contributed by atoms with E-state index < -0.39 is 23.4 Å². The highest BCUT2D eigenvalue weighted by molar-refractivity contribution is 5.33. The Bertz CT molecular complexity index is 944. The van der Waals surface area contributed by atoms with Crippen LogP contribution in [0.15, 0.2) is 91.0 Å². The fraction of sp³-hybridized carbons (Fsp3) is 0.333. The molecule has 1 aliphatic rings. The van der Waals surface area contributed by atoms with E-state index in [2.05, 4.69) is 6.92 Å². The van der Waals surface area contributed by atoms with E-state index >= 15 is 0 Å². The first-order valence-corrected chi connectivity index (χ1v) is 10.8. The van der Waals surface area contributed by atoms with Gasteiger partial charge in [0, 0.05) is 11.5 Å². The van der Waals surface area contributed by atoms with Crippen molar-refractivity contribution in [2.45, 2.75) is 44.2 Å². The van der Waals surface area contributed by atoms with E-state index in [0.29, 0.717) is 18.4 Å². The highest BCUT2D eigenvalue weighted by atomic mass is 16.6. The highest BCUT2D eigenvalue weighted by Gasteiger charge is 2.61. The lowest BCUT2D eigenvalue weighted by Crippen LogP contribution is -2.59. The highest BCUT2D eigenvalue weighted by Crippen LogP contribution is 2.59. The van der Waals surface area contributed by atoms with Gasteiger partial charge in [0.25, 0.3) is 0 Å². The van der Waals surface area contributed by atoms with Crippen LogP contribution in [0.5, 0.6) is 0 Å². The minimum absolute atomic E-state index is 0.212. The third kappa shape index (κ3) is 3.27. The van der Waals surface area contributed by atoms with Gasteiger partial charge < -0.3 is 14.9 Å². The summed E-state index contributed by atoms with van der Waals surface area (Å²) in [5.74, 6) is -2.36. The van der Waals surface area contributed by atoms with Gasteiger partial charge >= 0.3 is 0 Å². The number of ether oxygens (including phenoxy) is 1. The Balaban J connectivity index is 1.96. The number of rotatable bonds is 5. The van der Waals surface area contributed by atoms with Crippen molar-refractivity contribution in [2.24, 2.45) is 11.8 Å². The molecule has 3 aromatic carbocycles. The number of hydrogen-bond acceptors (Lipinski definition) is 3. The van der Waals surface area contributed by atoms with Crippen molar-refractivity contribution in [2.75, 3.05) is 0 Å². The zero-order chi connectivity index (χ0) is 21.2. The zero-order valence-corrected chi connectivity index (χ0v) is 17.6. The maximum atomic E-state index is 12.5. The van der Waals surface area contributed by atoms with E-state index in [-0.39, 0.29) is 5.92 Å². The van der Waals surface area contributed by atoms with Gasteiger partial charge in [0.15, 0.2) is 5.79 Å². The van der Waals surface area contributed by atoms with E-state index in [1.807, 2.05) is 97.9 Å².